The molecule has 19 heavy (non-hydrogen) atoms. The van der Waals surface area contributed by atoms with Gasteiger partial charge in [0.25, 0.3) is 5.91 Å². The van der Waals surface area contributed by atoms with Gasteiger partial charge in [0.05, 0.1) is 0 Å². The number of aryl methyl sites for hydroxylation is 1. The zero-order valence-corrected chi connectivity index (χ0v) is 10.4. The van der Waals surface area contributed by atoms with Gasteiger partial charge in [-0.2, -0.15) is 0 Å². The molecular formula is C16H12FNO. The fourth-order valence-electron chi connectivity index (χ4n) is 2.13. The Hall–Kier alpha value is -2.42. The van der Waals surface area contributed by atoms with Gasteiger partial charge in [0.15, 0.2) is 0 Å². The van der Waals surface area contributed by atoms with Crippen molar-refractivity contribution in [2.75, 3.05) is 5.32 Å². The smallest absolute Gasteiger partial charge is 0.256 e. The van der Waals surface area contributed by atoms with Crippen LogP contribution in [0.4, 0.5) is 10.1 Å². The zero-order chi connectivity index (χ0) is 13.4. The number of carbonyl (C=O) groups excluding carboxylic acids is 1. The van der Waals surface area contributed by atoms with Crippen molar-refractivity contribution in [1.82, 2.24) is 0 Å². The van der Waals surface area contributed by atoms with E-state index in [0.29, 0.717) is 16.8 Å². The number of rotatable bonds is 1. The molecule has 0 aliphatic carbocycles. The summed E-state index contributed by atoms with van der Waals surface area (Å²) in [5.41, 5.74) is 3.85. The molecule has 0 fully saturated rings. The molecule has 0 saturated carbocycles. The maximum absolute atomic E-state index is 13.3. The summed E-state index contributed by atoms with van der Waals surface area (Å²) in [4.78, 5) is 11.9. The highest BCUT2D eigenvalue weighted by Crippen LogP contribution is 2.33. The van der Waals surface area contributed by atoms with Crippen molar-refractivity contribution in [1.29, 1.82) is 0 Å². The van der Waals surface area contributed by atoms with Crippen LogP contribution in [-0.2, 0) is 4.79 Å². The normalized spacial score (nSPS) is 15.5. The monoisotopic (exact) mass is 253 g/mol. The van der Waals surface area contributed by atoms with Crippen LogP contribution in [0.25, 0.3) is 11.6 Å². The molecule has 3 heteroatoms. The van der Waals surface area contributed by atoms with Crippen LogP contribution in [0.15, 0.2) is 42.5 Å². The van der Waals surface area contributed by atoms with E-state index in [0.717, 1.165) is 11.1 Å². The van der Waals surface area contributed by atoms with Crippen LogP contribution in [-0.4, -0.2) is 5.91 Å². The Bertz CT molecular complexity index is 686. The van der Waals surface area contributed by atoms with Gasteiger partial charge in [-0.05, 0) is 36.8 Å². The third-order valence-corrected chi connectivity index (χ3v) is 3.15. The van der Waals surface area contributed by atoms with Crippen LogP contribution in [0.5, 0.6) is 0 Å². The van der Waals surface area contributed by atoms with Crippen molar-refractivity contribution in [3.05, 3.63) is 65.0 Å². The van der Waals surface area contributed by atoms with Crippen LogP contribution in [0.2, 0.25) is 0 Å². The van der Waals surface area contributed by atoms with Crippen LogP contribution in [0, 0.1) is 12.7 Å². The topological polar surface area (TPSA) is 29.1 Å². The standard InChI is InChI=1S/C16H12FNO/c1-10-2-4-11(5-3-10)8-14-13-9-12(17)6-7-15(13)18-16(14)19/h2-9H,1H3,(H,18,19)/b14-8-. The Morgan fingerprint density at radius 2 is 1.84 bits per heavy atom. The lowest BCUT2D eigenvalue weighted by Crippen LogP contribution is -2.03. The number of hydrogen-bond acceptors (Lipinski definition) is 1. The zero-order valence-electron chi connectivity index (χ0n) is 10.4. The average molecular weight is 253 g/mol. The number of amides is 1. The van der Waals surface area contributed by atoms with Crippen molar-refractivity contribution < 1.29 is 9.18 Å². The van der Waals surface area contributed by atoms with E-state index >= 15 is 0 Å². The molecule has 0 bridgehead atoms. The summed E-state index contributed by atoms with van der Waals surface area (Å²) in [7, 11) is 0. The Labute approximate surface area is 110 Å². The first-order chi connectivity index (χ1) is 9.13. The predicted octanol–water partition coefficient (Wildman–Crippen LogP) is 3.63. The van der Waals surface area contributed by atoms with Gasteiger partial charge in [0.2, 0.25) is 0 Å². The second-order valence-corrected chi connectivity index (χ2v) is 4.61. The Morgan fingerprint density at radius 1 is 1.11 bits per heavy atom. The first kappa shape index (κ1) is 11.7. The summed E-state index contributed by atoms with van der Waals surface area (Å²) < 4.78 is 13.3. The quantitative estimate of drug-likeness (QED) is 0.772. The van der Waals surface area contributed by atoms with Gasteiger partial charge >= 0.3 is 0 Å². The van der Waals surface area contributed by atoms with Gasteiger partial charge in [0.1, 0.15) is 5.82 Å². The lowest BCUT2D eigenvalue weighted by atomic mass is 10.0. The summed E-state index contributed by atoms with van der Waals surface area (Å²) in [5.74, 6) is -0.536. The molecule has 2 aromatic carbocycles. The van der Waals surface area contributed by atoms with Gasteiger partial charge in [-0.3, -0.25) is 4.79 Å². The molecule has 2 nitrogen and oxygen atoms in total. The van der Waals surface area contributed by atoms with E-state index in [1.807, 2.05) is 31.2 Å². The number of fused-ring (bicyclic) bond motifs is 1. The summed E-state index contributed by atoms with van der Waals surface area (Å²) >= 11 is 0. The molecule has 0 radical (unpaired) electrons. The van der Waals surface area contributed by atoms with Gasteiger partial charge in [-0.25, -0.2) is 4.39 Å². The molecule has 3 rings (SSSR count). The van der Waals surface area contributed by atoms with E-state index in [1.165, 1.54) is 12.1 Å². The fraction of sp³-hybridized carbons (Fsp3) is 0.0625. The van der Waals surface area contributed by atoms with E-state index < -0.39 is 0 Å². The molecule has 1 aliphatic rings. The molecule has 1 aliphatic heterocycles. The largest absolute Gasteiger partial charge is 0.321 e. The second-order valence-electron chi connectivity index (χ2n) is 4.61. The van der Waals surface area contributed by atoms with Crippen molar-refractivity contribution in [3.63, 3.8) is 0 Å². The third-order valence-electron chi connectivity index (χ3n) is 3.15. The molecule has 0 atom stereocenters. The molecule has 2 aromatic rings. The van der Waals surface area contributed by atoms with E-state index in [2.05, 4.69) is 5.32 Å². The van der Waals surface area contributed by atoms with Gasteiger partial charge in [0, 0.05) is 16.8 Å². The minimum atomic E-state index is -0.343. The van der Waals surface area contributed by atoms with Gasteiger partial charge < -0.3 is 5.32 Å². The molecule has 0 saturated heterocycles. The number of anilines is 1. The number of halogens is 1. The number of carbonyl (C=O) groups is 1. The van der Waals surface area contributed by atoms with E-state index in [4.69, 9.17) is 0 Å². The maximum Gasteiger partial charge on any atom is 0.256 e. The molecular weight excluding hydrogens is 241 g/mol. The molecule has 0 unspecified atom stereocenters. The van der Waals surface area contributed by atoms with Crippen molar-refractivity contribution in [3.8, 4) is 0 Å². The maximum atomic E-state index is 13.3. The lowest BCUT2D eigenvalue weighted by molar-refractivity contribution is -0.110. The predicted molar refractivity (Wildman–Crippen MR) is 74.1 cm³/mol. The van der Waals surface area contributed by atoms with Crippen molar-refractivity contribution in [2.45, 2.75) is 6.92 Å². The second kappa shape index (κ2) is 4.35. The Morgan fingerprint density at radius 3 is 2.58 bits per heavy atom. The Kier molecular flexibility index (Phi) is 2.67. The number of hydrogen-bond donors (Lipinski definition) is 1. The third kappa shape index (κ3) is 2.15. The summed E-state index contributed by atoms with van der Waals surface area (Å²) in [6, 6.07) is 12.1. The van der Waals surface area contributed by atoms with E-state index in [9.17, 15) is 9.18 Å². The van der Waals surface area contributed by atoms with Gasteiger partial charge in [-0.15, -0.1) is 0 Å². The van der Waals surface area contributed by atoms with Crippen LogP contribution < -0.4 is 5.32 Å². The highest BCUT2D eigenvalue weighted by atomic mass is 19.1. The van der Waals surface area contributed by atoms with E-state index in [1.54, 1.807) is 12.1 Å². The molecule has 1 heterocycles. The van der Waals surface area contributed by atoms with Gasteiger partial charge in [-0.1, -0.05) is 29.8 Å². The summed E-state index contributed by atoms with van der Waals surface area (Å²) in [6.45, 7) is 2.00. The number of nitrogens with one attached hydrogen (secondary N) is 1. The summed E-state index contributed by atoms with van der Waals surface area (Å²) in [5, 5.41) is 2.73. The molecule has 94 valence electrons. The van der Waals surface area contributed by atoms with Crippen molar-refractivity contribution in [2.24, 2.45) is 0 Å². The van der Waals surface area contributed by atoms with Crippen LogP contribution in [0.1, 0.15) is 16.7 Å². The minimum absolute atomic E-state index is 0.193. The fourth-order valence-corrected chi connectivity index (χ4v) is 2.13. The SMILES string of the molecule is Cc1ccc(/C=C2\C(=O)Nc3ccc(F)cc32)cc1. The molecule has 0 aromatic heterocycles. The number of benzene rings is 2. The summed E-state index contributed by atoms with van der Waals surface area (Å²) in [6.07, 6.45) is 1.78. The van der Waals surface area contributed by atoms with Crippen molar-refractivity contribution >= 4 is 23.2 Å². The minimum Gasteiger partial charge on any atom is -0.321 e. The molecule has 1 amide bonds. The Balaban J connectivity index is 2.08. The highest BCUT2D eigenvalue weighted by Gasteiger charge is 2.24. The first-order valence-electron chi connectivity index (χ1n) is 6.03. The lowest BCUT2D eigenvalue weighted by Gasteiger charge is -1.99. The van der Waals surface area contributed by atoms with Crippen LogP contribution >= 0.6 is 0 Å². The van der Waals surface area contributed by atoms with Crippen LogP contribution in [0.3, 0.4) is 0 Å². The molecule has 1 N–H and O–H groups in total. The highest BCUT2D eigenvalue weighted by molar-refractivity contribution is 6.34. The average Bonchev–Trinajstić information content (AvgIpc) is 2.69. The van der Waals surface area contributed by atoms with E-state index in [-0.39, 0.29) is 11.7 Å². The first-order valence-corrected chi connectivity index (χ1v) is 6.03. The molecule has 0 spiro atoms.